The number of halogens is 4. The van der Waals surface area contributed by atoms with E-state index in [-0.39, 0.29) is 76.6 Å². The maximum absolute atomic E-state index is 14.8. The number of carbonyl (C=O) groups excluding carboxylic acids is 1. The number of benzene rings is 1. The van der Waals surface area contributed by atoms with Crippen molar-refractivity contribution in [3.8, 4) is 0 Å². The van der Waals surface area contributed by atoms with E-state index >= 15 is 0 Å². The quantitative estimate of drug-likeness (QED) is 0.118. The van der Waals surface area contributed by atoms with E-state index in [1.807, 2.05) is 24.7 Å². The van der Waals surface area contributed by atoms with Gasteiger partial charge in [0.05, 0.1) is 28.8 Å². The summed E-state index contributed by atoms with van der Waals surface area (Å²) in [6.45, 7) is 26.7. The fourth-order valence-corrected chi connectivity index (χ4v) is 16.9. The number of sulfone groups is 1. The average molecular weight is 1310 g/mol. The van der Waals surface area contributed by atoms with Gasteiger partial charge < -0.3 is 51.5 Å². The van der Waals surface area contributed by atoms with E-state index in [1.54, 1.807) is 0 Å². The zero-order valence-corrected chi connectivity index (χ0v) is 59.4. The maximum Gasteiger partial charge on any atom is 0.417 e. The van der Waals surface area contributed by atoms with Crippen LogP contribution in [0.15, 0.2) is 71.2 Å². The number of piperidine rings is 1. The minimum absolute atomic E-state index is 0.0161. The van der Waals surface area contributed by atoms with Crippen LogP contribution in [0.3, 0.4) is 0 Å². The van der Waals surface area contributed by atoms with Crippen molar-refractivity contribution in [1.82, 2.24) is 56.4 Å². The highest BCUT2D eigenvalue weighted by molar-refractivity contribution is 7.90. The fourth-order valence-electron chi connectivity index (χ4n) is 15.8. The standard InChI is InChI=1S/C71H120ClF3N12O3S/c1-50(2)42-65-53(6)79-46-66-67(69(88)85-37-19-14-20-38-85)56(9)87(66)68(51(3)4)54(7)82-70(31-17-18-32-70)49-77-35-34-76-33-29-59(27-25-58-26-28-63(64(72)44-58)71(73,74)75)78-36-40-83(10)47-62(43-57-22-15-13-16-23-57)84(11)48-61-24-21-39-86(61)55(8)52(5)81-60(45-80-65)30-41-91(12,89)90/h26,28-29,33,36,40,44,47-48,50-57,60,65-68,77-82H,13-25,27,30-32,34-35,37-39,41-43,45-46,49H2,1-12H3/t52?,53?,54?,55-,56?,60-,65-,66?,67-,68-/m0/s1. The number of alkyl halides is 3. The molecule has 0 bridgehead atoms. The lowest BCUT2D eigenvalue weighted by Crippen LogP contribution is -2.76. The first-order valence-electron chi connectivity index (χ1n) is 35.3. The summed E-state index contributed by atoms with van der Waals surface area (Å²) < 4.78 is 66.8. The minimum Gasteiger partial charge on any atom is -0.369 e. The van der Waals surface area contributed by atoms with Crippen LogP contribution in [0.5, 0.6) is 0 Å². The Morgan fingerprint density at radius 3 is 2.23 bits per heavy atom. The largest absolute Gasteiger partial charge is 0.417 e. The number of carbonyl (C=O) groups is 1. The third kappa shape index (κ3) is 22.5. The average Bonchev–Trinajstić information content (AvgIpc) is 1.08. The van der Waals surface area contributed by atoms with Gasteiger partial charge in [-0.25, -0.2) is 8.42 Å². The van der Waals surface area contributed by atoms with Crippen molar-refractivity contribution in [3.05, 3.63) is 82.3 Å². The van der Waals surface area contributed by atoms with Gasteiger partial charge >= 0.3 is 6.18 Å². The van der Waals surface area contributed by atoms with Crippen LogP contribution < -0.4 is 31.9 Å². The Morgan fingerprint density at radius 2 is 1.56 bits per heavy atom. The second-order valence-electron chi connectivity index (χ2n) is 29.2. The van der Waals surface area contributed by atoms with Crippen LogP contribution in [-0.2, 0) is 27.2 Å². The molecule has 6 N–H and O–H groups in total. The molecule has 91 heavy (non-hydrogen) atoms. The summed E-state index contributed by atoms with van der Waals surface area (Å²) in [5.41, 5.74) is 3.18. The number of likely N-dealkylation sites (tertiary alicyclic amines) is 1. The zero-order chi connectivity index (χ0) is 66.0. The Bertz CT molecular complexity index is 2690. The summed E-state index contributed by atoms with van der Waals surface area (Å²) in [4.78, 5) is 31.5. The highest BCUT2D eigenvalue weighted by Crippen LogP contribution is 2.41. The number of fused-ring (bicyclic) bond motifs is 2. The van der Waals surface area contributed by atoms with Gasteiger partial charge in [0.2, 0.25) is 5.91 Å². The fraction of sp³-hybridized carbons (Fsp3) is 0.775. The van der Waals surface area contributed by atoms with E-state index in [4.69, 9.17) is 16.6 Å². The van der Waals surface area contributed by atoms with Gasteiger partial charge in [0.15, 0.2) is 0 Å². The molecule has 5 fully saturated rings. The SMILES string of the molecule is CC(C)C[C@@H]1NC[C@H](CCS(C)(=O)=O)NC(C)[C@H](C)N2CCCC2=CN(C)C(CC2CCCCC2)=CN(C)C=CNC(CCc2ccc(C(F)(F)F)c(Cl)c2)=CC=NCCNCC2(CCCC2)NC(C)[C@H](C(C)C)N2C(C)[C@H](C(=O)N3CCCCC3)C2CNC1C. The molecule has 1 spiro atoms. The molecule has 1 aromatic rings. The van der Waals surface area contributed by atoms with Crippen molar-refractivity contribution in [2.24, 2.45) is 28.7 Å². The molecule has 516 valence electrons. The van der Waals surface area contributed by atoms with Crippen LogP contribution >= 0.6 is 11.6 Å². The summed E-state index contributed by atoms with van der Waals surface area (Å²) in [7, 11) is 1.01. The number of hydrogen-bond donors (Lipinski definition) is 6. The Balaban J connectivity index is 1.20. The normalized spacial score (nSPS) is 29.5. The Morgan fingerprint density at radius 1 is 0.846 bits per heavy atom. The molecule has 0 radical (unpaired) electrons. The minimum atomic E-state index is -4.53. The summed E-state index contributed by atoms with van der Waals surface area (Å²) in [5.74, 6) is 1.62. The zero-order valence-electron chi connectivity index (χ0n) is 57.8. The van der Waals surface area contributed by atoms with E-state index in [2.05, 4.69) is 145 Å². The molecule has 6 aliphatic rings. The van der Waals surface area contributed by atoms with Crippen molar-refractivity contribution < 1.29 is 26.4 Å². The van der Waals surface area contributed by atoms with Crippen molar-refractivity contribution in [3.63, 3.8) is 0 Å². The number of hydrogen-bond acceptors (Lipinski definition) is 14. The molecule has 3 saturated heterocycles. The molecule has 20 heteroatoms. The van der Waals surface area contributed by atoms with Gasteiger partial charge in [0.1, 0.15) is 9.84 Å². The van der Waals surface area contributed by atoms with Crippen LogP contribution in [-0.4, -0.2) is 183 Å². The number of nitrogens with one attached hydrogen (secondary N) is 6. The molecule has 4 heterocycles. The van der Waals surface area contributed by atoms with E-state index in [1.165, 1.54) is 68.3 Å². The van der Waals surface area contributed by atoms with Gasteiger partial charge in [-0.2, -0.15) is 13.2 Å². The van der Waals surface area contributed by atoms with Crippen LogP contribution in [0.2, 0.25) is 5.02 Å². The predicted octanol–water partition coefficient (Wildman–Crippen LogP) is 11.7. The molecule has 7 rings (SSSR count). The Hall–Kier alpha value is -3.69. The first-order valence-corrected chi connectivity index (χ1v) is 37.7. The number of aliphatic imine (C=N–C) groups is 1. The lowest BCUT2D eigenvalue weighted by molar-refractivity contribution is -0.162. The molecule has 2 saturated carbocycles. The lowest BCUT2D eigenvalue weighted by atomic mass is 9.74. The van der Waals surface area contributed by atoms with Gasteiger partial charge in [-0.05, 0) is 153 Å². The highest BCUT2D eigenvalue weighted by atomic mass is 35.5. The molecule has 4 aliphatic heterocycles. The van der Waals surface area contributed by atoms with Crippen molar-refractivity contribution in [2.45, 2.75) is 250 Å². The molecular weight excluding hydrogens is 1190 g/mol. The number of allylic oxidation sites excluding steroid dienone is 4. The predicted molar refractivity (Wildman–Crippen MR) is 371 cm³/mol. The third-order valence-corrected chi connectivity index (χ3v) is 22.3. The summed E-state index contributed by atoms with van der Waals surface area (Å²) >= 11 is 6.20. The molecule has 0 aromatic heterocycles. The van der Waals surface area contributed by atoms with Gasteiger partial charge in [0, 0.05) is 174 Å². The van der Waals surface area contributed by atoms with Crippen LogP contribution in [0.4, 0.5) is 13.2 Å². The molecule has 2 aliphatic carbocycles. The van der Waals surface area contributed by atoms with Crippen LogP contribution in [0.1, 0.15) is 189 Å². The molecule has 10 atom stereocenters. The van der Waals surface area contributed by atoms with Crippen molar-refractivity contribution in [1.29, 1.82) is 0 Å². The Labute approximate surface area is 553 Å². The van der Waals surface area contributed by atoms with Crippen LogP contribution in [0, 0.1) is 23.7 Å². The first kappa shape index (κ1) is 74.7. The molecule has 1 amide bonds. The van der Waals surface area contributed by atoms with Crippen molar-refractivity contribution >= 4 is 33.6 Å². The van der Waals surface area contributed by atoms with Crippen LogP contribution in [0.25, 0.3) is 0 Å². The maximum atomic E-state index is 14.8. The second kappa shape index (κ2) is 35.3. The van der Waals surface area contributed by atoms with E-state index in [9.17, 15) is 26.4 Å². The molecule has 15 nitrogen and oxygen atoms in total. The smallest absolute Gasteiger partial charge is 0.369 e. The van der Waals surface area contributed by atoms with Gasteiger partial charge in [0.25, 0.3) is 0 Å². The van der Waals surface area contributed by atoms with Crippen molar-refractivity contribution in [2.75, 3.05) is 78.5 Å². The second-order valence-corrected chi connectivity index (χ2v) is 31.9. The van der Waals surface area contributed by atoms with Gasteiger partial charge in [-0.15, -0.1) is 0 Å². The van der Waals surface area contributed by atoms with E-state index in [0.717, 1.165) is 102 Å². The molecular formula is C71H120ClF3N12O3S. The monoisotopic (exact) mass is 1310 g/mol. The van der Waals surface area contributed by atoms with Gasteiger partial charge in [-0.3, -0.25) is 14.7 Å². The summed E-state index contributed by atoms with van der Waals surface area (Å²) in [6.07, 6.45) is 28.5. The lowest BCUT2D eigenvalue weighted by Gasteiger charge is -2.60. The third-order valence-electron chi connectivity index (χ3n) is 21.0. The number of rotatable bonds is 12. The number of nitrogens with zero attached hydrogens (tertiary/aromatic N) is 6. The summed E-state index contributed by atoms with van der Waals surface area (Å²) in [6, 6.07) is 4.68. The van der Waals surface area contributed by atoms with E-state index < -0.39 is 21.6 Å². The van der Waals surface area contributed by atoms with E-state index in [0.29, 0.717) is 74.7 Å². The highest BCUT2D eigenvalue weighted by Gasteiger charge is 2.55. The van der Waals surface area contributed by atoms with Gasteiger partial charge in [-0.1, -0.05) is 90.3 Å². The number of amides is 1. The number of aryl methyl sites for hydroxylation is 1. The first-order chi connectivity index (χ1) is 43.2. The molecule has 1 aromatic carbocycles. The summed E-state index contributed by atoms with van der Waals surface area (Å²) in [5, 5.41) is 23.3. The topological polar surface area (TPSA) is 152 Å². The molecule has 5 unspecified atom stereocenters. The Kier molecular flexibility index (Phi) is 29.0.